The molecule has 1 fully saturated rings. The summed E-state index contributed by atoms with van der Waals surface area (Å²) in [4.78, 5) is 0. The number of alkyl halides is 3. The molecule has 0 N–H and O–H groups in total. The summed E-state index contributed by atoms with van der Waals surface area (Å²) in [6.07, 6.45) is -0.851. The highest BCUT2D eigenvalue weighted by Crippen LogP contribution is 2.42. The third-order valence-corrected chi connectivity index (χ3v) is 3.54. The summed E-state index contributed by atoms with van der Waals surface area (Å²) in [6.45, 7) is 2.75. The predicted octanol–water partition coefficient (Wildman–Crippen LogP) is 3.13. The fraction of sp³-hybridized carbons (Fsp3) is 0.818. The molecule has 1 aromatic rings. The van der Waals surface area contributed by atoms with Crippen molar-refractivity contribution in [2.24, 2.45) is 5.92 Å². The Morgan fingerprint density at radius 3 is 2.47 bits per heavy atom. The van der Waals surface area contributed by atoms with Crippen molar-refractivity contribution in [2.75, 3.05) is 0 Å². The average Bonchev–Trinajstić information content (AvgIpc) is 2.76. The standard InChI is InChI=1S/C11H16F3N3/c1-2-17-7-15-16-10(17)8-3-5-9(6-4-8)11(12,13)14/h7-9H,2-6H2,1H3. The minimum absolute atomic E-state index is 0.135. The number of halogens is 3. The molecular formula is C11H16F3N3. The Bertz CT molecular complexity index is 364. The first-order valence-corrected chi connectivity index (χ1v) is 5.96. The molecule has 2 rings (SSSR count). The molecule has 0 unspecified atom stereocenters. The molecule has 0 aromatic carbocycles. The van der Waals surface area contributed by atoms with Crippen LogP contribution in [0.4, 0.5) is 13.2 Å². The van der Waals surface area contributed by atoms with Gasteiger partial charge in [-0.2, -0.15) is 13.2 Å². The Balaban J connectivity index is 2.00. The molecule has 0 amide bonds. The van der Waals surface area contributed by atoms with Crippen molar-refractivity contribution in [1.82, 2.24) is 14.8 Å². The first-order chi connectivity index (χ1) is 8.02. The van der Waals surface area contributed by atoms with E-state index < -0.39 is 12.1 Å². The van der Waals surface area contributed by atoms with Gasteiger partial charge in [-0.3, -0.25) is 0 Å². The van der Waals surface area contributed by atoms with Crippen molar-refractivity contribution in [2.45, 2.75) is 51.2 Å². The maximum atomic E-state index is 12.5. The molecule has 0 bridgehead atoms. The molecule has 6 heteroatoms. The highest BCUT2D eigenvalue weighted by atomic mass is 19.4. The second kappa shape index (κ2) is 4.66. The van der Waals surface area contributed by atoms with E-state index in [0.717, 1.165) is 12.4 Å². The molecule has 0 radical (unpaired) electrons. The lowest BCUT2D eigenvalue weighted by molar-refractivity contribution is -0.182. The number of nitrogens with zero attached hydrogens (tertiary/aromatic N) is 3. The molecule has 0 spiro atoms. The minimum Gasteiger partial charge on any atom is -0.318 e. The fourth-order valence-electron chi connectivity index (χ4n) is 2.50. The lowest BCUT2D eigenvalue weighted by Gasteiger charge is -2.29. The van der Waals surface area contributed by atoms with Crippen molar-refractivity contribution in [1.29, 1.82) is 0 Å². The summed E-state index contributed by atoms with van der Waals surface area (Å²) in [5.41, 5.74) is 0. The molecule has 1 saturated carbocycles. The number of aryl methyl sites for hydroxylation is 1. The van der Waals surface area contributed by atoms with Gasteiger partial charge in [-0.1, -0.05) is 0 Å². The zero-order valence-corrected chi connectivity index (χ0v) is 9.74. The van der Waals surface area contributed by atoms with Crippen LogP contribution in [0.3, 0.4) is 0 Å². The van der Waals surface area contributed by atoms with E-state index in [1.165, 1.54) is 0 Å². The van der Waals surface area contributed by atoms with Crippen LogP contribution >= 0.6 is 0 Å². The van der Waals surface area contributed by atoms with Gasteiger partial charge in [0.1, 0.15) is 12.2 Å². The molecule has 1 aliphatic carbocycles. The van der Waals surface area contributed by atoms with Crippen LogP contribution in [0.15, 0.2) is 6.33 Å². The van der Waals surface area contributed by atoms with E-state index in [4.69, 9.17) is 0 Å². The second-order valence-electron chi connectivity index (χ2n) is 4.57. The number of rotatable bonds is 2. The monoisotopic (exact) mass is 247 g/mol. The Hall–Kier alpha value is -1.07. The number of hydrogen-bond acceptors (Lipinski definition) is 2. The maximum absolute atomic E-state index is 12.5. The quantitative estimate of drug-likeness (QED) is 0.803. The van der Waals surface area contributed by atoms with Crippen LogP contribution < -0.4 is 0 Å². The van der Waals surface area contributed by atoms with E-state index in [1.807, 2.05) is 11.5 Å². The van der Waals surface area contributed by atoms with Crippen LogP contribution in [0.5, 0.6) is 0 Å². The molecule has 1 aromatic heterocycles. The fourth-order valence-corrected chi connectivity index (χ4v) is 2.50. The summed E-state index contributed by atoms with van der Waals surface area (Å²) in [5.74, 6) is -0.152. The van der Waals surface area contributed by atoms with Crippen molar-refractivity contribution < 1.29 is 13.2 Å². The van der Waals surface area contributed by atoms with E-state index in [9.17, 15) is 13.2 Å². The third kappa shape index (κ3) is 2.61. The summed E-state index contributed by atoms with van der Waals surface area (Å²) in [5, 5.41) is 7.86. The lowest BCUT2D eigenvalue weighted by Crippen LogP contribution is -2.27. The number of aromatic nitrogens is 3. The van der Waals surface area contributed by atoms with Crippen LogP contribution in [0.1, 0.15) is 44.3 Å². The van der Waals surface area contributed by atoms with E-state index >= 15 is 0 Å². The largest absolute Gasteiger partial charge is 0.391 e. The van der Waals surface area contributed by atoms with Gasteiger partial charge < -0.3 is 4.57 Å². The molecule has 0 atom stereocenters. The van der Waals surface area contributed by atoms with Crippen molar-refractivity contribution in [3.05, 3.63) is 12.2 Å². The zero-order chi connectivity index (χ0) is 12.5. The van der Waals surface area contributed by atoms with Gasteiger partial charge in [-0.15, -0.1) is 10.2 Å². The smallest absolute Gasteiger partial charge is 0.318 e. The predicted molar refractivity (Wildman–Crippen MR) is 56.5 cm³/mol. The van der Waals surface area contributed by atoms with Crippen molar-refractivity contribution in [3.8, 4) is 0 Å². The molecule has 3 nitrogen and oxygen atoms in total. The summed E-state index contributed by atoms with van der Waals surface area (Å²) in [6, 6.07) is 0. The molecule has 96 valence electrons. The molecule has 17 heavy (non-hydrogen) atoms. The van der Waals surface area contributed by atoms with Crippen LogP contribution in [-0.2, 0) is 6.54 Å². The number of hydrogen-bond donors (Lipinski definition) is 0. The van der Waals surface area contributed by atoms with Gasteiger partial charge in [0.05, 0.1) is 5.92 Å². The van der Waals surface area contributed by atoms with E-state index in [1.54, 1.807) is 6.33 Å². The molecule has 0 aliphatic heterocycles. The first-order valence-electron chi connectivity index (χ1n) is 5.96. The van der Waals surface area contributed by atoms with E-state index in [0.29, 0.717) is 12.8 Å². The zero-order valence-electron chi connectivity index (χ0n) is 9.74. The SMILES string of the molecule is CCn1cnnc1C1CCC(C(F)(F)F)CC1. The van der Waals surface area contributed by atoms with Crippen LogP contribution in [0.2, 0.25) is 0 Å². The molecule has 1 aliphatic rings. The van der Waals surface area contributed by atoms with Gasteiger partial charge in [-0.25, -0.2) is 0 Å². The van der Waals surface area contributed by atoms with Crippen LogP contribution in [0.25, 0.3) is 0 Å². The summed E-state index contributed by atoms with van der Waals surface area (Å²) in [7, 11) is 0. The van der Waals surface area contributed by atoms with Crippen LogP contribution in [-0.4, -0.2) is 20.9 Å². The maximum Gasteiger partial charge on any atom is 0.391 e. The topological polar surface area (TPSA) is 30.7 Å². The minimum atomic E-state index is -4.04. The Labute approximate surface area is 98.0 Å². The van der Waals surface area contributed by atoms with Gasteiger partial charge in [0.2, 0.25) is 0 Å². The molecule has 1 heterocycles. The molecule has 0 saturated heterocycles. The Kier molecular flexibility index (Phi) is 3.40. The normalized spacial score (nSPS) is 26.1. The second-order valence-corrected chi connectivity index (χ2v) is 4.57. The Morgan fingerprint density at radius 1 is 1.29 bits per heavy atom. The highest BCUT2D eigenvalue weighted by Gasteiger charge is 2.42. The van der Waals surface area contributed by atoms with Crippen molar-refractivity contribution in [3.63, 3.8) is 0 Å². The van der Waals surface area contributed by atoms with Gasteiger partial charge in [0.15, 0.2) is 0 Å². The van der Waals surface area contributed by atoms with E-state index in [-0.39, 0.29) is 18.8 Å². The van der Waals surface area contributed by atoms with Crippen molar-refractivity contribution >= 4 is 0 Å². The average molecular weight is 247 g/mol. The van der Waals surface area contributed by atoms with Gasteiger partial charge >= 0.3 is 6.18 Å². The van der Waals surface area contributed by atoms with E-state index in [2.05, 4.69) is 10.2 Å². The Morgan fingerprint density at radius 2 is 1.94 bits per heavy atom. The van der Waals surface area contributed by atoms with Crippen LogP contribution in [0, 0.1) is 5.92 Å². The summed E-state index contributed by atoms with van der Waals surface area (Å²) < 4.78 is 39.5. The highest BCUT2D eigenvalue weighted by molar-refractivity contribution is 4.99. The van der Waals surface area contributed by atoms with Gasteiger partial charge in [-0.05, 0) is 32.6 Å². The molecular weight excluding hydrogens is 231 g/mol. The summed E-state index contributed by atoms with van der Waals surface area (Å²) >= 11 is 0. The third-order valence-electron chi connectivity index (χ3n) is 3.54. The van der Waals surface area contributed by atoms with Gasteiger partial charge in [0.25, 0.3) is 0 Å². The first kappa shape index (κ1) is 12.4. The lowest BCUT2D eigenvalue weighted by atomic mass is 9.81. The van der Waals surface area contributed by atoms with Gasteiger partial charge in [0, 0.05) is 12.5 Å².